The van der Waals surface area contributed by atoms with Crippen LogP contribution in [0.1, 0.15) is 22.9 Å². The van der Waals surface area contributed by atoms with Crippen LogP contribution in [-0.2, 0) is 0 Å². The SMILES string of the molecule is CCN1CCN(c2ccc(N3CN=Cc4scc(/C=C/c5ccc(N)cc5)c43)cc2)CC1. The number of nitrogens with two attached hydrogens (primary N) is 1. The number of aliphatic imine (C=N–C) groups is 1. The Labute approximate surface area is 194 Å². The van der Waals surface area contributed by atoms with E-state index in [0.717, 1.165) is 44.0 Å². The van der Waals surface area contributed by atoms with Crippen LogP contribution in [0.5, 0.6) is 0 Å². The van der Waals surface area contributed by atoms with E-state index in [1.807, 2.05) is 30.5 Å². The highest BCUT2D eigenvalue weighted by molar-refractivity contribution is 7.12. The van der Waals surface area contributed by atoms with Gasteiger partial charge in [-0.05, 0) is 48.5 Å². The third-order valence-electron chi connectivity index (χ3n) is 6.26. The number of nitrogens with zero attached hydrogens (tertiary/aromatic N) is 4. The lowest BCUT2D eigenvalue weighted by atomic mass is 10.1. The topological polar surface area (TPSA) is 48.1 Å². The molecule has 0 amide bonds. The lowest BCUT2D eigenvalue weighted by molar-refractivity contribution is 0.271. The Morgan fingerprint density at radius 2 is 1.66 bits per heavy atom. The number of hydrogen-bond donors (Lipinski definition) is 1. The molecule has 0 bridgehead atoms. The molecule has 5 nitrogen and oxygen atoms in total. The number of nitrogen functional groups attached to an aromatic ring is 1. The first-order valence-electron chi connectivity index (χ1n) is 11.2. The maximum absolute atomic E-state index is 5.81. The Kier molecular flexibility index (Phi) is 5.97. The highest BCUT2D eigenvalue weighted by Gasteiger charge is 2.21. The molecule has 0 saturated carbocycles. The van der Waals surface area contributed by atoms with Gasteiger partial charge in [0.15, 0.2) is 0 Å². The molecule has 0 radical (unpaired) electrons. The number of piperazine rings is 1. The third-order valence-corrected chi connectivity index (χ3v) is 7.18. The fourth-order valence-electron chi connectivity index (χ4n) is 4.33. The van der Waals surface area contributed by atoms with Crippen molar-refractivity contribution in [3.8, 4) is 0 Å². The van der Waals surface area contributed by atoms with E-state index in [1.165, 1.54) is 27.5 Å². The van der Waals surface area contributed by atoms with Gasteiger partial charge in [0, 0.05) is 60.4 Å². The Morgan fingerprint density at radius 3 is 2.38 bits per heavy atom. The second-order valence-electron chi connectivity index (χ2n) is 8.22. The molecular formula is C26H29N5S. The van der Waals surface area contributed by atoms with Crippen LogP contribution in [0.3, 0.4) is 0 Å². The maximum atomic E-state index is 5.81. The van der Waals surface area contributed by atoms with Gasteiger partial charge >= 0.3 is 0 Å². The zero-order chi connectivity index (χ0) is 21.9. The van der Waals surface area contributed by atoms with Crippen LogP contribution in [0.4, 0.5) is 22.7 Å². The Bertz CT molecular complexity index is 1110. The van der Waals surface area contributed by atoms with Crippen LogP contribution in [-0.4, -0.2) is 50.5 Å². The smallest absolute Gasteiger partial charge is 0.115 e. The predicted octanol–water partition coefficient (Wildman–Crippen LogP) is 5.17. The van der Waals surface area contributed by atoms with Crippen LogP contribution in [0.25, 0.3) is 12.2 Å². The molecule has 3 heterocycles. The van der Waals surface area contributed by atoms with E-state index in [9.17, 15) is 0 Å². The van der Waals surface area contributed by atoms with Gasteiger partial charge in [-0.3, -0.25) is 4.99 Å². The van der Waals surface area contributed by atoms with Crippen LogP contribution in [0, 0.1) is 0 Å². The standard InChI is InChI=1S/C26H29N5S/c1-2-29-13-15-30(16-14-29)23-9-11-24(12-10-23)31-19-28-17-25-26(31)21(18-32-25)6-3-20-4-7-22(27)8-5-20/h3-12,17-18H,2,13-16,19,27H2,1H3/b6-3+. The van der Waals surface area contributed by atoms with Gasteiger partial charge in [-0.15, -0.1) is 11.3 Å². The lowest BCUT2D eigenvalue weighted by Crippen LogP contribution is -2.46. The monoisotopic (exact) mass is 443 g/mol. The number of benzene rings is 2. The largest absolute Gasteiger partial charge is 0.399 e. The normalized spacial score (nSPS) is 16.7. The molecule has 0 atom stereocenters. The summed E-state index contributed by atoms with van der Waals surface area (Å²) < 4.78 is 0. The summed E-state index contributed by atoms with van der Waals surface area (Å²) in [7, 11) is 0. The van der Waals surface area contributed by atoms with Crippen molar-refractivity contribution >= 4 is 52.5 Å². The zero-order valence-electron chi connectivity index (χ0n) is 18.4. The first-order valence-corrected chi connectivity index (χ1v) is 12.1. The summed E-state index contributed by atoms with van der Waals surface area (Å²) in [5.41, 5.74) is 12.7. The van der Waals surface area contributed by atoms with Gasteiger partial charge in [0.25, 0.3) is 0 Å². The van der Waals surface area contributed by atoms with Crippen molar-refractivity contribution in [2.45, 2.75) is 6.92 Å². The number of likely N-dealkylation sites (N-methyl/N-ethyl adjacent to an activating group) is 1. The van der Waals surface area contributed by atoms with Crippen molar-refractivity contribution < 1.29 is 0 Å². The van der Waals surface area contributed by atoms with Crippen LogP contribution < -0.4 is 15.5 Å². The molecule has 32 heavy (non-hydrogen) atoms. The number of fused-ring (bicyclic) bond motifs is 1. The third kappa shape index (κ3) is 4.29. The van der Waals surface area contributed by atoms with E-state index >= 15 is 0 Å². The van der Waals surface area contributed by atoms with Gasteiger partial charge in [-0.25, -0.2) is 0 Å². The maximum Gasteiger partial charge on any atom is 0.115 e. The Balaban J connectivity index is 1.36. The fraction of sp³-hybridized carbons (Fsp3) is 0.269. The van der Waals surface area contributed by atoms with Gasteiger partial charge in [-0.2, -0.15) is 0 Å². The molecule has 164 valence electrons. The van der Waals surface area contributed by atoms with Crippen molar-refractivity contribution in [3.05, 3.63) is 69.9 Å². The summed E-state index contributed by atoms with van der Waals surface area (Å²) >= 11 is 1.74. The number of anilines is 4. The number of rotatable bonds is 5. The molecular weight excluding hydrogens is 414 g/mol. The minimum Gasteiger partial charge on any atom is -0.399 e. The zero-order valence-corrected chi connectivity index (χ0v) is 19.3. The molecule has 2 N–H and O–H groups in total. The molecule has 5 rings (SSSR count). The summed E-state index contributed by atoms with van der Waals surface area (Å²) in [6.45, 7) is 8.48. The molecule has 3 aromatic rings. The van der Waals surface area contributed by atoms with E-state index in [1.54, 1.807) is 11.3 Å². The minimum atomic E-state index is 0.640. The quantitative estimate of drug-likeness (QED) is 0.553. The summed E-state index contributed by atoms with van der Waals surface area (Å²) in [5, 5.41) is 2.21. The Hall–Kier alpha value is -3.09. The summed E-state index contributed by atoms with van der Waals surface area (Å²) in [6.07, 6.45) is 6.33. The van der Waals surface area contributed by atoms with Gasteiger partial charge in [0.1, 0.15) is 6.67 Å². The summed E-state index contributed by atoms with van der Waals surface area (Å²) in [6, 6.07) is 16.9. The van der Waals surface area contributed by atoms with Crippen molar-refractivity contribution in [1.29, 1.82) is 0 Å². The molecule has 0 unspecified atom stereocenters. The van der Waals surface area contributed by atoms with Gasteiger partial charge in [-0.1, -0.05) is 31.2 Å². The van der Waals surface area contributed by atoms with E-state index in [-0.39, 0.29) is 0 Å². The fourth-order valence-corrected chi connectivity index (χ4v) is 5.24. The van der Waals surface area contributed by atoms with Crippen LogP contribution in [0.2, 0.25) is 0 Å². The predicted molar refractivity (Wildman–Crippen MR) is 139 cm³/mol. The van der Waals surface area contributed by atoms with Crippen molar-refractivity contribution in [3.63, 3.8) is 0 Å². The lowest BCUT2D eigenvalue weighted by Gasteiger charge is -2.35. The minimum absolute atomic E-state index is 0.640. The number of hydrogen-bond acceptors (Lipinski definition) is 6. The van der Waals surface area contributed by atoms with E-state index in [2.05, 4.69) is 68.4 Å². The first-order chi connectivity index (χ1) is 15.7. The average Bonchev–Trinajstić information content (AvgIpc) is 3.27. The molecule has 2 aromatic carbocycles. The molecule has 1 fully saturated rings. The molecule has 2 aliphatic heterocycles. The molecule has 1 aromatic heterocycles. The molecule has 6 heteroatoms. The van der Waals surface area contributed by atoms with E-state index in [4.69, 9.17) is 5.73 Å². The van der Waals surface area contributed by atoms with Crippen molar-refractivity contribution in [2.75, 3.05) is 54.9 Å². The van der Waals surface area contributed by atoms with Gasteiger partial charge in [0.2, 0.25) is 0 Å². The van der Waals surface area contributed by atoms with Crippen LogP contribution in [0.15, 0.2) is 58.9 Å². The molecule has 0 spiro atoms. The second kappa shape index (κ2) is 9.18. The first kappa shape index (κ1) is 20.8. The number of thiophene rings is 1. The summed E-state index contributed by atoms with van der Waals surface area (Å²) in [4.78, 5) is 13.1. The molecule has 1 saturated heterocycles. The Morgan fingerprint density at radius 1 is 0.938 bits per heavy atom. The van der Waals surface area contributed by atoms with Crippen molar-refractivity contribution in [1.82, 2.24) is 4.90 Å². The molecule has 2 aliphatic rings. The van der Waals surface area contributed by atoms with Crippen molar-refractivity contribution in [2.24, 2.45) is 4.99 Å². The van der Waals surface area contributed by atoms with Gasteiger partial charge < -0.3 is 20.4 Å². The van der Waals surface area contributed by atoms with Gasteiger partial charge in [0.05, 0.1) is 10.6 Å². The second-order valence-corrected chi connectivity index (χ2v) is 9.13. The van der Waals surface area contributed by atoms with Crippen LogP contribution >= 0.6 is 11.3 Å². The molecule has 0 aliphatic carbocycles. The highest BCUT2D eigenvalue weighted by Crippen LogP contribution is 2.39. The summed E-state index contributed by atoms with van der Waals surface area (Å²) in [5.74, 6) is 0. The van der Waals surface area contributed by atoms with E-state index < -0.39 is 0 Å². The highest BCUT2D eigenvalue weighted by atomic mass is 32.1. The van der Waals surface area contributed by atoms with E-state index in [0.29, 0.717) is 6.67 Å². The average molecular weight is 444 g/mol.